The van der Waals surface area contributed by atoms with E-state index >= 15 is 0 Å². The van der Waals surface area contributed by atoms with Crippen molar-refractivity contribution in [1.29, 1.82) is 0 Å². The first-order chi connectivity index (χ1) is 8.20. The molecule has 0 saturated heterocycles. The third kappa shape index (κ3) is 3.57. The Morgan fingerprint density at radius 1 is 1.39 bits per heavy atom. The van der Waals surface area contributed by atoms with Crippen LogP contribution in [0.4, 0.5) is 10.8 Å². The van der Waals surface area contributed by atoms with Gasteiger partial charge in [-0.15, -0.1) is 0 Å². The van der Waals surface area contributed by atoms with Gasteiger partial charge in [-0.2, -0.15) is 0 Å². The highest BCUT2D eigenvalue weighted by Gasteiger charge is 2.14. The van der Waals surface area contributed by atoms with Gasteiger partial charge in [-0.3, -0.25) is 0 Å². The number of aromatic nitrogens is 1. The zero-order valence-electron chi connectivity index (χ0n) is 9.99. The number of benzene rings is 1. The molecule has 0 spiro atoms. The number of nitrogens with zero attached hydrogens (tertiary/aromatic N) is 1. The van der Waals surface area contributed by atoms with Crippen molar-refractivity contribution < 1.29 is 21.5 Å². The largest absolute Gasteiger partial charge is 1.00 e. The Labute approximate surface area is 127 Å². The molecule has 1 aromatic heterocycles. The number of rotatable bonds is 4. The van der Waals surface area contributed by atoms with E-state index in [9.17, 15) is 0 Å². The fourth-order valence-electron chi connectivity index (χ4n) is 1.54. The molecular weight excluding hydrogens is 332 g/mol. The Bertz CT molecular complexity index is 522. The molecule has 0 saturated carbocycles. The second-order valence-electron chi connectivity index (χ2n) is 3.71. The van der Waals surface area contributed by atoms with Gasteiger partial charge in [-0.05, 0) is 31.2 Å². The summed E-state index contributed by atoms with van der Waals surface area (Å²) in [6.07, 6.45) is 1.90. The van der Waals surface area contributed by atoms with Crippen molar-refractivity contribution in [3.05, 3.63) is 53.0 Å². The summed E-state index contributed by atoms with van der Waals surface area (Å²) in [6.45, 7) is 6.68. The van der Waals surface area contributed by atoms with Gasteiger partial charge in [0.25, 0.3) is 0 Å². The smallest absolute Gasteiger partial charge is 0.339 e. The Balaban J connectivity index is 0.00000162. The third-order valence-electron chi connectivity index (χ3n) is 2.42. The highest BCUT2D eigenvalue weighted by atomic mass is 79.9. The normalized spacial score (nSPS) is 9.67. The van der Waals surface area contributed by atoms with Crippen LogP contribution < -0.4 is 26.9 Å². The summed E-state index contributed by atoms with van der Waals surface area (Å²) in [5.41, 5.74) is 2.26. The zero-order chi connectivity index (χ0) is 12.3. The fraction of sp³-hybridized carbons (Fsp3) is 0.154. The van der Waals surface area contributed by atoms with E-state index in [0.717, 1.165) is 22.4 Å². The number of hydrogen-bond acceptors (Lipinski definition) is 2. The highest BCUT2D eigenvalue weighted by Crippen LogP contribution is 2.20. The zero-order valence-corrected chi connectivity index (χ0v) is 13.1. The van der Waals surface area contributed by atoms with Gasteiger partial charge in [0.15, 0.2) is 0 Å². The lowest BCUT2D eigenvalue weighted by Crippen LogP contribution is -3.00. The molecule has 18 heavy (non-hydrogen) atoms. The molecule has 0 radical (unpaired) electrons. The van der Waals surface area contributed by atoms with E-state index in [-0.39, 0.29) is 17.0 Å². The maximum atomic E-state index is 5.86. The predicted molar refractivity (Wildman–Crippen MR) is 74.2 cm³/mol. The standard InChI is InChI=1S/C13H13ClN2S.BrH/c1-3-8-16-10(2)9-17-13(16)15-12-6-4-11(14)5-7-12;/h3-7,9H,1,8H2,2H3;1H. The first-order valence-corrected chi connectivity index (χ1v) is 6.58. The lowest BCUT2D eigenvalue weighted by molar-refractivity contribution is -0.674. The molecule has 0 fully saturated rings. The summed E-state index contributed by atoms with van der Waals surface area (Å²) in [6, 6.07) is 7.69. The van der Waals surface area contributed by atoms with E-state index in [1.807, 2.05) is 30.3 Å². The molecule has 0 amide bonds. The monoisotopic (exact) mass is 344 g/mol. The Morgan fingerprint density at radius 2 is 2.06 bits per heavy atom. The number of allylic oxidation sites excluding steroid dienone is 1. The van der Waals surface area contributed by atoms with Crippen LogP contribution >= 0.6 is 22.9 Å². The van der Waals surface area contributed by atoms with Crippen molar-refractivity contribution in [1.82, 2.24) is 0 Å². The van der Waals surface area contributed by atoms with Gasteiger partial charge in [0.05, 0.1) is 0 Å². The SMILES string of the molecule is C=CC[n+]1c(C)csc1Nc1ccc(Cl)cc1.[Br-]. The molecule has 0 aliphatic heterocycles. The van der Waals surface area contributed by atoms with Gasteiger partial charge in [-0.1, -0.05) is 35.6 Å². The number of nitrogens with one attached hydrogen (secondary N) is 1. The van der Waals surface area contributed by atoms with Crippen LogP contribution in [0, 0.1) is 6.92 Å². The number of hydrogen-bond donors (Lipinski definition) is 1. The summed E-state index contributed by atoms with van der Waals surface area (Å²) in [7, 11) is 0. The van der Waals surface area contributed by atoms with E-state index in [1.165, 1.54) is 5.69 Å². The van der Waals surface area contributed by atoms with Gasteiger partial charge >= 0.3 is 5.13 Å². The Kier molecular flexibility index (Phi) is 5.85. The van der Waals surface area contributed by atoms with Gasteiger partial charge in [0, 0.05) is 10.4 Å². The van der Waals surface area contributed by atoms with Crippen LogP contribution in [0.1, 0.15) is 5.69 Å². The van der Waals surface area contributed by atoms with Crippen LogP contribution in [0.25, 0.3) is 0 Å². The molecule has 2 rings (SSSR count). The van der Waals surface area contributed by atoms with Crippen LogP contribution in [-0.2, 0) is 6.54 Å². The van der Waals surface area contributed by atoms with E-state index in [0.29, 0.717) is 0 Å². The number of thiazole rings is 1. The van der Waals surface area contributed by atoms with E-state index in [4.69, 9.17) is 11.6 Å². The minimum Gasteiger partial charge on any atom is -1.00 e. The van der Waals surface area contributed by atoms with Crippen molar-refractivity contribution in [2.45, 2.75) is 13.5 Å². The number of aryl methyl sites for hydroxylation is 1. The van der Waals surface area contributed by atoms with Crippen molar-refractivity contribution in [3.8, 4) is 0 Å². The Morgan fingerprint density at radius 3 is 2.67 bits per heavy atom. The third-order valence-corrected chi connectivity index (χ3v) is 3.68. The first-order valence-electron chi connectivity index (χ1n) is 5.32. The quantitative estimate of drug-likeness (QED) is 0.644. The highest BCUT2D eigenvalue weighted by molar-refractivity contribution is 7.13. The Hall–Kier alpha value is -0.840. The first kappa shape index (κ1) is 15.2. The van der Waals surface area contributed by atoms with Crippen LogP contribution in [0.3, 0.4) is 0 Å². The molecule has 0 bridgehead atoms. The van der Waals surface area contributed by atoms with Gasteiger partial charge in [0.1, 0.15) is 17.9 Å². The van der Waals surface area contributed by atoms with Crippen LogP contribution in [-0.4, -0.2) is 0 Å². The maximum absolute atomic E-state index is 5.86. The van der Waals surface area contributed by atoms with Crippen molar-refractivity contribution in [2.24, 2.45) is 0 Å². The second-order valence-corrected chi connectivity index (χ2v) is 5.01. The summed E-state index contributed by atoms with van der Waals surface area (Å²) >= 11 is 7.54. The van der Waals surface area contributed by atoms with E-state index < -0.39 is 0 Å². The van der Waals surface area contributed by atoms with Crippen LogP contribution in [0.2, 0.25) is 5.02 Å². The molecule has 2 nitrogen and oxygen atoms in total. The molecule has 0 atom stereocenters. The summed E-state index contributed by atoms with van der Waals surface area (Å²) in [4.78, 5) is 0. The minimum atomic E-state index is 0. The molecular formula is C13H14BrClN2S. The molecule has 1 heterocycles. The van der Waals surface area contributed by atoms with E-state index in [2.05, 4.69) is 28.8 Å². The molecule has 0 aliphatic rings. The fourth-order valence-corrected chi connectivity index (χ4v) is 2.60. The topological polar surface area (TPSA) is 15.9 Å². The average molecular weight is 346 g/mol. The number of anilines is 2. The summed E-state index contributed by atoms with van der Waals surface area (Å²) in [5.74, 6) is 0. The minimum absolute atomic E-state index is 0. The molecule has 96 valence electrons. The number of halogens is 2. The van der Waals surface area contributed by atoms with Gasteiger partial charge in [-0.25, -0.2) is 9.88 Å². The molecule has 5 heteroatoms. The summed E-state index contributed by atoms with van der Waals surface area (Å²) in [5, 5.41) is 7.36. The molecule has 0 unspecified atom stereocenters. The average Bonchev–Trinajstić information content (AvgIpc) is 2.65. The van der Waals surface area contributed by atoms with Crippen molar-refractivity contribution >= 4 is 33.8 Å². The maximum Gasteiger partial charge on any atom is 0.339 e. The lowest BCUT2D eigenvalue weighted by atomic mass is 10.3. The molecule has 1 aromatic carbocycles. The lowest BCUT2D eigenvalue weighted by Gasteiger charge is -2.01. The van der Waals surface area contributed by atoms with Crippen molar-refractivity contribution in [3.63, 3.8) is 0 Å². The van der Waals surface area contributed by atoms with E-state index in [1.54, 1.807) is 11.3 Å². The van der Waals surface area contributed by atoms with Crippen LogP contribution in [0.15, 0.2) is 42.3 Å². The van der Waals surface area contributed by atoms with Gasteiger partial charge in [0.2, 0.25) is 0 Å². The van der Waals surface area contributed by atoms with Crippen LogP contribution in [0.5, 0.6) is 0 Å². The molecule has 1 N–H and O–H groups in total. The van der Waals surface area contributed by atoms with Gasteiger partial charge < -0.3 is 17.0 Å². The molecule has 2 aromatic rings. The second kappa shape index (κ2) is 6.92. The predicted octanol–water partition coefficient (Wildman–Crippen LogP) is 0.931. The molecule has 0 aliphatic carbocycles. The van der Waals surface area contributed by atoms with Crippen molar-refractivity contribution in [2.75, 3.05) is 5.32 Å². The summed E-state index contributed by atoms with van der Waals surface area (Å²) < 4.78 is 2.19.